The van der Waals surface area contributed by atoms with E-state index in [0.29, 0.717) is 0 Å². The van der Waals surface area contributed by atoms with Crippen LogP contribution in [-0.2, 0) is 16.2 Å². The van der Waals surface area contributed by atoms with Gasteiger partial charge in [-0.3, -0.25) is 0 Å². The van der Waals surface area contributed by atoms with E-state index >= 15 is 0 Å². The number of aromatic amines is 1. The van der Waals surface area contributed by atoms with Crippen molar-refractivity contribution in [1.29, 1.82) is 0 Å². The Bertz CT molecular complexity index is 8870. The molecule has 18 aromatic carbocycles. The van der Waals surface area contributed by atoms with Crippen LogP contribution in [0.1, 0.15) is 74.9 Å². The van der Waals surface area contributed by atoms with Crippen LogP contribution in [0.2, 0.25) is 0 Å². The minimum atomic E-state index is -0.202. The van der Waals surface area contributed by atoms with Gasteiger partial charge in [0.15, 0.2) is 0 Å². The summed E-state index contributed by atoms with van der Waals surface area (Å²) in [5.41, 5.74) is 36.2. The number of nitrogens with zero attached hydrogens (tertiary/aromatic N) is 9. The lowest BCUT2D eigenvalue weighted by Crippen LogP contribution is -2.30. The number of hydrogen-bond donors (Lipinski definition) is 1. The third kappa shape index (κ3) is 14.2. The zero-order valence-electron chi connectivity index (χ0n) is 77.7. The van der Waals surface area contributed by atoms with E-state index in [1.807, 2.05) is 6.07 Å². The first-order chi connectivity index (χ1) is 68.0. The van der Waals surface area contributed by atoms with E-state index < -0.39 is 0 Å². The van der Waals surface area contributed by atoms with Gasteiger partial charge in [0.1, 0.15) is 0 Å². The topological polar surface area (TPSA) is 55.1 Å². The molecule has 0 atom stereocenters. The van der Waals surface area contributed by atoms with Gasteiger partial charge in [-0.1, -0.05) is 274 Å². The summed E-state index contributed by atoms with van der Waals surface area (Å²) in [6, 6.07) is 157. The summed E-state index contributed by atoms with van der Waals surface area (Å²) >= 11 is 7.34. The molecule has 0 spiro atoms. The second-order valence-electron chi connectivity index (χ2n) is 38.2. The summed E-state index contributed by atoms with van der Waals surface area (Å²) in [7, 11) is 0. The molecule has 12 heteroatoms. The van der Waals surface area contributed by atoms with Crippen molar-refractivity contribution in [3.05, 3.63) is 510 Å². The molecule has 139 heavy (non-hydrogen) atoms. The van der Waals surface area contributed by atoms with Gasteiger partial charge >= 0.3 is 0 Å². The molecule has 0 fully saturated rings. The Hall–Kier alpha value is -16.4. The molecule has 28 rings (SSSR count). The van der Waals surface area contributed by atoms with Gasteiger partial charge in [0.05, 0.1) is 72.7 Å². The highest BCUT2D eigenvalue weighted by molar-refractivity contribution is 9.10. The molecule has 0 saturated carbocycles. The van der Waals surface area contributed by atoms with Crippen molar-refractivity contribution in [3.8, 4) is 34.1 Å². The molecule has 3 aliphatic heterocycles. The lowest BCUT2D eigenvalue weighted by molar-refractivity contribution is 0.632. The summed E-state index contributed by atoms with van der Waals surface area (Å²) < 4.78 is 16.0. The second-order valence-corrected chi connectivity index (χ2v) is 40.0. The van der Waals surface area contributed by atoms with Crippen LogP contribution in [0.3, 0.4) is 0 Å². The fourth-order valence-electron chi connectivity index (χ4n) is 22.2. The zero-order valence-corrected chi connectivity index (χ0v) is 80.9. The summed E-state index contributed by atoms with van der Waals surface area (Å²) in [6.07, 6.45) is 10.9. The highest BCUT2D eigenvalue weighted by atomic mass is 79.9. The number of para-hydroxylation sites is 10. The Kier molecular flexibility index (Phi) is 20.4. The molecule has 0 amide bonds. The fourth-order valence-corrected chi connectivity index (χ4v) is 23.0. The molecule has 0 aliphatic carbocycles. The van der Waals surface area contributed by atoms with Crippen molar-refractivity contribution in [2.75, 3.05) is 14.7 Å². The molecule has 25 aromatic rings. The van der Waals surface area contributed by atoms with E-state index in [1.165, 1.54) is 188 Å². The highest BCUT2D eigenvalue weighted by Crippen LogP contribution is 2.58. The summed E-state index contributed by atoms with van der Waals surface area (Å²) in [5.74, 6) is 0. The number of benzene rings is 18. The number of H-pyrrole nitrogens is 1. The Morgan fingerprint density at radius 2 is 0.489 bits per heavy atom. The minimum Gasteiger partial charge on any atom is -0.354 e. The highest BCUT2D eigenvalue weighted by Gasteiger charge is 2.42. The van der Waals surface area contributed by atoms with Gasteiger partial charge in [-0.05, 0) is 270 Å². The number of fused-ring (bicyclic) bond motifs is 17. The molecule has 0 radical (unpaired) electrons. The molecule has 1 N–H and O–H groups in total. The molecule has 668 valence electrons. The SMILES string of the molecule is CC1(C)c2ccccc2N(c2cccc(-n3c4ccccc4c4cc5ccn(-c6ccccc6)c5cc43)c2)c2cc3ccn(-c4ccccc4)c3cc21.CC1(C)c2ccccc2N(c2cccc(Br)c2)c2cc3ccn(-c4ccccc4)c3cc21.CC1(C)c2ccccc2N(c2cccc(Br)c2)c2cc3ccn(-c4ccccc4)c3cc21.c1ccc(-n2ccc3cc4c(cc32)[nH]c2ccccc24)cc1. The summed E-state index contributed by atoms with van der Waals surface area (Å²) in [4.78, 5) is 10.8. The number of hydrogen-bond acceptors (Lipinski definition) is 3. The first-order valence-corrected chi connectivity index (χ1v) is 49.2. The maximum Gasteiger partial charge on any atom is 0.0562 e. The van der Waals surface area contributed by atoms with Gasteiger partial charge in [-0.15, -0.1) is 0 Å². The molecule has 0 bridgehead atoms. The predicted octanol–water partition coefficient (Wildman–Crippen LogP) is 35.0. The molecule has 3 aliphatic rings. The van der Waals surface area contributed by atoms with Crippen LogP contribution < -0.4 is 14.7 Å². The van der Waals surface area contributed by atoms with Gasteiger partial charge in [0.2, 0.25) is 0 Å². The molecule has 0 saturated heterocycles. The Labute approximate surface area is 823 Å². The van der Waals surface area contributed by atoms with Gasteiger partial charge in [-0.2, -0.15) is 0 Å². The molecular formula is C127H96Br2N10. The predicted molar refractivity (Wildman–Crippen MR) is 589 cm³/mol. The van der Waals surface area contributed by atoms with E-state index in [2.05, 4.69) is 582 Å². The van der Waals surface area contributed by atoms with E-state index in [0.717, 1.165) is 37.4 Å². The van der Waals surface area contributed by atoms with E-state index in [-0.39, 0.29) is 16.2 Å². The second kappa shape index (κ2) is 33.6. The van der Waals surface area contributed by atoms with Crippen LogP contribution in [0, 0.1) is 0 Å². The molecule has 10 nitrogen and oxygen atoms in total. The number of aromatic nitrogens is 7. The zero-order chi connectivity index (χ0) is 93.5. The van der Waals surface area contributed by atoms with Crippen molar-refractivity contribution in [1.82, 2.24) is 32.4 Å². The van der Waals surface area contributed by atoms with Crippen LogP contribution in [0.15, 0.2) is 477 Å². The van der Waals surface area contributed by atoms with Crippen molar-refractivity contribution >= 4 is 181 Å². The van der Waals surface area contributed by atoms with Gasteiger partial charge in [0, 0.05) is 167 Å². The smallest absolute Gasteiger partial charge is 0.0562 e. The molecular weight excluding hydrogens is 1830 g/mol. The normalized spacial score (nSPS) is 13.6. The number of rotatable bonds is 9. The van der Waals surface area contributed by atoms with Crippen molar-refractivity contribution in [2.24, 2.45) is 0 Å². The third-order valence-electron chi connectivity index (χ3n) is 29.1. The quantitative estimate of drug-likeness (QED) is 0.157. The van der Waals surface area contributed by atoms with Gasteiger partial charge in [-0.25, -0.2) is 0 Å². The minimum absolute atomic E-state index is 0.117. The first kappa shape index (κ1) is 84.4. The number of halogens is 2. The maximum atomic E-state index is 3.67. The lowest BCUT2D eigenvalue weighted by Gasteiger charge is -2.42. The number of anilines is 9. The van der Waals surface area contributed by atoms with E-state index in [9.17, 15) is 0 Å². The van der Waals surface area contributed by atoms with Gasteiger partial charge < -0.3 is 47.1 Å². The van der Waals surface area contributed by atoms with E-state index in [4.69, 9.17) is 0 Å². The molecule has 7 aromatic heterocycles. The fraction of sp³-hybridized carbons (Fsp3) is 0.0709. The Morgan fingerprint density at radius 3 is 0.885 bits per heavy atom. The van der Waals surface area contributed by atoms with Crippen LogP contribution in [0.25, 0.3) is 132 Å². The largest absolute Gasteiger partial charge is 0.354 e. The Balaban J connectivity index is 0.000000103. The monoisotopic (exact) mass is 1920 g/mol. The van der Waals surface area contributed by atoms with Crippen molar-refractivity contribution in [3.63, 3.8) is 0 Å². The van der Waals surface area contributed by atoms with Gasteiger partial charge in [0.25, 0.3) is 0 Å². The van der Waals surface area contributed by atoms with Crippen LogP contribution in [0.4, 0.5) is 51.2 Å². The summed E-state index contributed by atoms with van der Waals surface area (Å²) in [5, 5.41) is 11.3. The number of nitrogens with one attached hydrogen (secondary N) is 1. The molecule has 0 unspecified atom stereocenters. The average molecular weight is 1920 g/mol. The van der Waals surface area contributed by atoms with Crippen LogP contribution >= 0.6 is 31.9 Å². The van der Waals surface area contributed by atoms with Crippen LogP contribution in [0.5, 0.6) is 0 Å². The van der Waals surface area contributed by atoms with Crippen molar-refractivity contribution < 1.29 is 0 Å². The van der Waals surface area contributed by atoms with Crippen LogP contribution in [-0.4, -0.2) is 32.4 Å². The average Bonchev–Trinajstić information content (AvgIpc) is 1.56. The lowest BCUT2D eigenvalue weighted by atomic mass is 9.73. The van der Waals surface area contributed by atoms with Crippen molar-refractivity contribution in [2.45, 2.75) is 57.8 Å². The van der Waals surface area contributed by atoms with E-state index in [1.54, 1.807) is 0 Å². The summed E-state index contributed by atoms with van der Waals surface area (Å²) in [6.45, 7) is 14.1. The first-order valence-electron chi connectivity index (χ1n) is 47.6. The molecule has 10 heterocycles. The third-order valence-corrected chi connectivity index (χ3v) is 30.1. The standard InChI is InChI=1S/C49H36N4.2C29H23BrN2.C20H14N2/c1-49(2)41-21-10-12-23-44(41)53(48-29-34-25-27-50(45(34)31-42(48)49)35-14-5-3-6-15-35)38-19-13-18-37(30-38)52-43-22-11-9-20-39(43)40-28-33-24-26-51(46(33)32-47(40)52)36-16-7-4-8-17-36;2*1-29(2)24-13-6-7-14-26(24)32(23-12-8-9-21(30)18-23)28-17-20-15-16-31(27(20)19-25(28)29)22-10-4-3-5-11-22;1-2-6-15(7-3-1)22-11-10-14-12-17-16-8-4-5-9-18(16)21-19(17)13-20(14)22/h3-32H,1-2H3;2*3-19H,1-2H3;1-13,21H. The maximum absolute atomic E-state index is 3.67. The Morgan fingerprint density at radius 1 is 0.187 bits per heavy atom.